The van der Waals surface area contributed by atoms with E-state index in [1.54, 1.807) is 0 Å². The molecule has 1 aliphatic heterocycles. The van der Waals surface area contributed by atoms with Crippen LogP contribution < -0.4 is 5.73 Å². The van der Waals surface area contributed by atoms with E-state index in [9.17, 15) is 9.59 Å². The molecule has 1 saturated heterocycles. The summed E-state index contributed by atoms with van der Waals surface area (Å²) < 4.78 is 5.31. The molecule has 6 unspecified atom stereocenters. The summed E-state index contributed by atoms with van der Waals surface area (Å²) in [5.41, 5.74) is 5.37. The average molecular weight is 253 g/mol. The van der Waals surface area contributed by atoms with Gasteiger partial charge < -0.3 is 15.3 Å². The van der Waals surface area contributed by atoms with Gasteiger partial charge in [-0.15, -0.1) is 0 Å². The standard InChI is InChI=1S/C14H23NO3/c1-4-9-6-14(15)12(8(3)18-13(14)17)11(7-16)10(9)5-2/h7-12H,4-6,15H2,1-3H3. The lowest BCUT2D eigenvalue weighted by atomic mass is 9.57. The van der Waals surface area contributed by atoms with Crippen LogP contribution in [-0.2, 0) is 14.3 Å². The Morgan fingerprint density at radius 2 is 2.11 bits per heavy atom. The average Bonchev–Trinajstić information content (AvgIpc) is 2.57. The maximum atomic E-state index is 12.0. The van der Waals surface area contributed by atoms with Gasteiger partial charge in [0.1, 0.15) is 17.9 Å². The topological polar surface area (TPSA) is 69.4 Å². The maximum absolute atomic E-state index is 12.0. The first-order valence-corrected chi connectivity index (χ1v) is 6.94. The van der Waals surface area contributed by atoms with Gasteiger partial charge >= 0.3 is 5.97 Å². The van der Waals surface area contributed by atoms with Gasteiger partial charge in [-0.2, -0.15) is 0 Å². The number of ether oxygens (including phenoxy) is 1. The lowest BCUT2D eigenvalue weighted by Crippen LogP contribution is -2.60. The van der Waals surface area contributed by atoms with Crippen LogP contribution in [0.2, 0.25) is 0 Å². The van der Waals surface area contributed by atoms with Gasteiger partial charge in [0.25, 0.3) is 0 Å². The van der Waals surface area contributed by atoms with Crippen molar-refractivity contribution in [2.75, 3.05) is 0 Å². The summed E-state index contributed by atoms with van der Waals surface area (Å²) in [4.78, 5) is 23.5. The molecule has 1 heterocycles. The molecule has 2 fully saturated rings. The van der Waals surface area contributed by atoms with E-state index in [1.807, 2.05) is 6.92 Å². The van der Waals surface area contributed by atoms with Crippen molar-refractivity contribution >= 4 is 12.3 Å². The van der Waals surface area contributed by atoms with Crippen molar-refractivity contribution in [2.24, 2.45) is 29.4 Å². The molecule has 4 nitrogen and oxygen atoms in total. The van der Waals surface area contributed by atoms with Gasteiger partial charge in [0.15, 0.2) is 0 Å². The van der Waals surface area contributed by atoms with E-state index in [-0.39, 0.29) is 23.9 Å². The van der Waals surface area contributed by atoms with Gasteiger partial charge in [-0.05, 0) is 25.2 Å². The molecule has 4 heteroatoms. The Morgan fingerprint density at radius 3 is 2.61 bits per heavy atom. The monoisotopic (exact) mass is 253 g/mol. The van der Waals surface area contributed by atoms with Crippen LogP contribution in [0.4, 0.5) is 0 Å². The Hall–Kier alpha value is -0.900. The molecule has 1 aliphatic carbocycles. The van der Waals surface area contributed by atoms with Crippen LogP contribution >= 0.6 is 0 Å². The predicted octanol–water partition coefficient (Wildman–Crippen LogP) is 1.52. The third-order valence-corrected chi connectivity index (χ3v) is 5.04. The van der Waals surface area contributed by atoms with Crippen LogP contribution in [0.5, 0.6) is 0 Å². The number of aldehydes is 1. The van der Waals surface area contributed by atoms with Gasteiger partial charge in [0.05, 0.1) is 0 Å². The highest BCUT2D eigenvalue weighted by Gasteiger charge is 2.61. The van der Waals surface area contributed by atoms with Crippen LogP contribution in [0.15, 0.2) is 0 Å². The molecule has 0 radical (unpaired) electrons. The molecule has 102 valence electrons. The SMILES string of the molecule is CCC1CC2(N)C(=O)OC(C)C2C(C=O)C1CC. The molecule has 0 spiro atoms. The van der Waals surface area contributed by atoms with E-state index in [4.69, 9.17) is 10.5 Å². The van der Waals surface area contributed by atoms with Crippen LogP contribution in [0.1, 0.15) is 40.0 Å². The molecule has 0 aromatic carbocycles. The highest BCUT2D eigenvalue weighted by atomic mass is 16.6. The van der Waals surface area contributed by atoms with E-state index in [0.717, 1.165) is 19.1 Å². The molecule has 0 amide bonds. The van der Waals surface area contributed by atoms with Crippen molar-refractivity contribution in [3.63, 3.8) is 0 Å². The molecule has 1 saturated carbocycles. The Bertz CT molecular complexity index is 357. The lowest BCUT2D eigenvalue weighted by molar-refractivity contribution is -0.145. The molecule has 6 atom stereocenters. The van der Waals surface area contributed by atoms with Gasteiger partial charge in [0.2, 0.25) is 0 Å². The second-order valence-corrected chi connectivity index (χ2v) is 5.83. The number of carbonyl (C=O) groups excluding carboxylic acids is 2. The highest BCUT2D eigenvalue weighted by Crippen LogP contribution is 2.50. The summed E-state index contributed by atoms with van der Waals surface area (Å²) in [5, 5.41) is 0. The fourth-order valence-corrected chi connectivity index (χ4v) is 4.19. The molecule has 2 rings (SSSR count). The summed E-state index contributed by atoms with van der Waals surface area (Å²) in [6, 6.07) is 0. The smallest absolute Gasteiger partial charge is 0.326 e. The van der Waals surface area contributed by atoms with Gasteiger partial charge in [0, 0.05) is 11.8 Å². The highest BCUT2D eigenvalue weighted by molar-refractivity contribution is 5.84. The second-order valence-electron chi connectivity index (χ2n) is 5.83. The normalized spacial score (nSPS) is 47.6. The molecule has 2 aliphatic rings. The minimum Gasteiger partial charge on any atom is -0.461 e. The summed E-state index contributed by atoms with van der Waals surface area (Å²) in [6.45, 7) is 6.06. The zero-order chi connectivity index (χ0) is 13.5. The number of esters is 1. The minimum absolute atomic E-state index is 0.153. The van der Waals surface area contributed by atoms with E-state index in [1.165, 1.54) is 0 Å². The molecule has 18 heavy (non-hydrogen) atoms. The zero-order valence-electron chi connectivity index (χ0n) is 11.4. The summed E-state index contributed by atoms with van der Waals surface area (Å²) in [6.07, 6.45) is 3.32. The number of cyclic esters (lactones) is 1. The fourth-order valence-electron chi connectivity index (χ4n) is 4.19. The number of hydrogen-bond donors (Lipinski definition) is 1. The zero-order valence-corrected chi connectivity index (χ0v) is 11.4. The molecule has 0 aromatic rings. The van der Waals surface area contributed by atoms with Crippen LogP contribution in [0.25, 0.3) is 0 Å². The van der Waals surface area contributed by atoms with Gasteiger partial charge in [-0.3, -0.25) is 4.79 Å². The molecular weight excluding hydrogens is 230 g/mol. The summed E-state index contributed by atoms with van der Waals surface area (Å²) in [7, 11) is 0. The Morgan fingerprint density at radius 1 is 1.44 bits per heavy atom. The first kappa shape index (κ1) is 13.5. The first-order chi connectivity index (χ1) is 8.49. The van der Waals surface area contributed by atoms with Crippen LogP contribution in [0, 0.1) is 23.7 Å². The summed E-state index contributed by atoms with van der Waals surface area (Å²) >= 11 is 0. The largest absolute Gasteiger partial charge is 0.461 e. The van der Waals surface area contributed by atoms with Crippen LogP contribution in [0.3, 0.4) is 0 Å². The van der Waals surface area contributed by atoms with Crippen molar-refractivity contribution < 1.29 is 14.3 Å². The van der Waals surface area contributed by atoms with Crippen LogP contribution in [-0.4, -0.2) is 23.9 Å². The number of carbonyl (C=O) groups is 2. The molecule has 2 N–H and O–H groups in total. The van der Waals surface area contributed by atoms with Crippen molar-refractivity contribution in [1.29, 1.82) is 0 Å². The van der Waals surface area contributed by atoms with E-state index in [0.29, 0.717) is 18.3 Å². The minimum atomic E-state index is -0.947. The van der Waals surface area contributed by atoms with E-state index >= 15 is 0 Å². The van der Waals surface area contributed by atoms with Crippen molar-refractivity contribution in [3.05, 3.63) is 0 Å². The van der Waals surface area contributed by atoms with Crippen molar-refractivity contribution in [1.82, 2.24) is 0 Å². The second kappa shape index (κ2) is 4.65. The van der Waals surface area contributed by atoms with Crippen molar-refractivity contribution in [2.45, 2.75) is 51.7 Å². The Balaban J connectivity index is 2.41. The third-order valence-electron chi connectivity index (χ3n) is 5.04. The summed E-state index contributed by atoms with van der Waals surface area (Å²) in [5.74, 6) is 0.0330. The molecule has 0 bridgehead atoms. The molecule has 0 aromatic heterocycles. The van der Waals surface area contributed by atoms with E-state index in [2.05, 4.69) is 13.8 Å². The lowest BCUT2D eigenvalue weighted by Gasteiger charge is -2.46. The van der Waals surface area contributed by atoms with Gasteiger partial charge in [-0.1, -0.05) is 26.7 Å². The number of rotatable bonds is 3. The Kier molecular flexibility index (Phi) is 3.49. The fraction of sp³-hybridized carbons (Fsp3) is 0.857. The first-order valence-electron chi connectivity index (χ1n) is 6.94. The van der Waals surface area contributed by atoms with Gasteiger partial charge in [-0.25, -0.2) is 0 Å². The quantitative estimate of drug-likeness (QED) is 0.611. The predicted molar refractivity (Wildman–Crippen MR) is 67.7 cm³/mol. The third kappa shape index (κ3) is 1.69. The maximum Gasteiger partial charge on any atom is 0.326 e. The number of fused-ring (bicyclic) bond motifs is 1. The Labute approximate surface area is 108 Å². The van der Waals surface area contributed by atoms with E-state index < -0.39 is 5.54 Å². The number of nitrogens with two attached hydrogens (primary N) is 1. The number of hydrogen-bond acceptors (Lipinski definition) is 4. The molecular formula is C14H23NO3. The van der Waals surface area contributed by atoms with Crippen molar-refractivity contribution in [3.8, 4) is 0 Å².